The first-order valence-corrected chi connectivity index (χ1v) is 10.0. The van der Waals surface area contributed by atoms with Crippen LogP contribution in [0.2, 0.25) is 5.02 Å². The van der Waals surface area contributed by atoms with Crippen molar-refractivity contribution < 1.29 is 9.21 Å². The Balaban J connectivity index is 0.00000218. The van der Waals surface area contributed by atoms with Crippen LogP contribution in [0.4, 0.5) is 0 Å². The average molecular weight is 447 g/mol. The minimum Gasteiger partial charge on any atom is -0.420 e. The number of hydrogen-bond acceptors (Lipinski definition) is 6. The summed E-state index contributed by atoms with van der Waals surface area (Å²) < 4.78 is 7.66. The summed E-state index contributed by atoms with van der Waals surface area (Å²) in [5, 5.41) is 16.8. The van der Waals surface area contributed by atoms with Gasteiger partial charge in [-0.3, -0.25) is 4.79 Å². The zero-order chi connectivity index (χ0) is 19.8. The van der Waals surface area contributed by atoms with Crippen LogP contribution < -0.4 is 5.32 Å². The second kappa shape index (κ2) is 8.67. The quantitative estimate of drug-likeness (QED) is 0.661. The Morgan fingerprint density at radius 3 is 2.87 bits per heavy atom. The molecule has 2 aromatic heterocycles. The van der Waals surface area contributed by atoms with Gasteiger partial charge in [0.05, 0.1) is 30.3 Å². The Kier molecular flexibility index (Phi) is 5.99. The molecule has 1 amide bonds. The molecular formula is C20H20Cl2N6O2. The van der Waals surface area contributed by atoms with Crippen LogP contribution in [0.15, 0.2) is 39.9 Å². The zero-order valence-corrected chi connectivity index (χ0v) is 17.6. The molecular weight excluding hydrogens is 427 g/mol. The molecule has 30 heavy (non-hydrogen) atoms. The van der Waals surface area contributed by atoms with Crippen LogP contribution in [0.25, 0.3) is 11.5 Å². The lowest BCUT2D eigenvalue weighted by Gasteiger charge is -2.26. The van der Waals surface area contributed by atoms with E-state index in [2.05, 4.69) is 25.6 Å². The highest BCUT2D eigenvalue weighted by Crippen LogP contribution is 2.28. The maximum atomic E-state index is 12.3. The van der Waals surface area contributed by atoms with Gasteiger partial charge in [0.25, 0.3) is 11.8 Å². The molecule has 0 radical (unpaired) electrons. The number of nitrogens with one attached hydrogen (secondary N) is 1. The van der Waals surface area contributed by atoms with Gasteiger partial charge in [-0.25, -0.2) is 4.68 Å². The maximum absolute atomic E-state index is 12.3. The van der Waals surface area contributed by atoms with Gasteiger partial charge >= 0.3 is 0 Å². The van der Waals surface area contributed by atoms with E-state index in [0.717, 1.165) is 43.0 Å². The third-order valence-electron chi connectivity index (χ3n) is 5.29. The second-order valence-electron chi connectivity index (χ2n) is 7.29. The van der Waals surface area contributed by atoms with Crippen molar-refractivity contribution in [2.45, 2.75) is 25.7 Å². The largest absolute Gasteiger partial charge is 0.420 e. The average Bonchev–Trinajstić information content (AvgIpc) is 3.35. The highest BCUT2D eigenvalue weighted by molar-refractivity contribution is 6.30. The van der Waals surface area contributed by atoms with Crippen LogP contribution in [0.3, 0.4) is 0 Å². The Hall–Kier alpha value is -2.55. The molecule has 0 unspecified atom stereocenters. The number of aliphatic imine (C=N–C) groups is 1. The topological polar surface area (TPSA) is 98.2 Å². The van der Waals surface area contributed by atoms with Crippen molar-refractivity contribution in [3.8, 4) is 11.5 Å². The van der Waals surface area contributed by atoms with Crippen LogP contribution in [0.5, 0.6) is 0 Å². The van der Waals surface area contributed by atoms with E-state index < -0.39 is 0 Å². The fraction of sp³-hybridized carbons (Fsp3) is 0.350. The number of amides is 1. The van der Waals surface area contributed by atoms with Gasteiger partial charge in [0.2, 0.25) is 5.89 Å². The van der Waals surface area contributed by atoms with Crippen LogP contribution in [-0.2, 0) is 17.6 Å². The van der Waals surface area contributed by atoms with E-state index in [1.165, 1.54) is 0 Å². The molecule has 10 heteroatoms. The number of rotatable bonds is 4. The first kappa shape index (κ1) is 20.7. The number of carbonyl (C=O) groups excluding carboxylic acids is 1. The van der Waals surface area contributed by atoms with E-state index in [1.54, 1.807) is 10.9 Å². The molecule has 3 aromatic rings. The van der Waals surface area contributed by atoms with Crippen LogP contribution in [0, 0.1) is 5.92 Å². The molecule has 2 aliphatic rings. The van der Waals surface area contributed by atoms with Gasteiger partial charge in [0, 0.05) is 10.9 Å². The molecule has 0 spiro atoms. The first-order chi connectivity index (χ1) is 14.2. The molecule has 4 heterocycles. The molecule has 0 saturated carbocycles. The smallest absolute Gasteiger partial charge is 0.253 e. The highest BCUT2D eigenvalue weighted by Gasteiger charge is 2.31. The summed E-state index contributed by atoms with van der Waals surface area (Å²) in [4.78, 5) is 16.6. The van der Waals surface area contributed by atoms with Gasteiger partial charge in [0.1, 0.15) is 5.84 Å². The van der Waals surface area contributed by atoms with Crippen molar-refractivity contribution >= 4 is 35.8 Å². The van der Waals surface area contributed by atoms with Gasteiger partial charge in [0.15, 0.2) is 0 Å². The number of halogens is 2. The summed E-state index contributed by atoms with van der Waals surface area (Å²) in [7, 11) is 0. The van der Waals surface area contributed by atoms with Gasteiger partial charge in [-0.2, -0.15) is 10.1 Å². The van der Waals surface area contributed by atoms with Crippen molar-refractivity contribution in [3.05, 3.63) is 52.6 Å². The monoisotopic (exact) mass is 446 g/mol. The molecule has 1 N–H and O–H groups in total. The first-order valence-electron chi connectivity index (χ1n) is 9.64. The molecule has 0 aliphatic carbocycles. The molecule has 0 bridgehead atoms. The third-order valence-corrected chi connectivity index (χ3v) is 5.52. The van der Waals surface area contributed by atoms with E-state index in [-0.39, 0.29) is 30.7 Å². The number of nitrogens with zero attached hydrogens (tertiary/aromatic N) is 5. The van der Waals surface area contributed by atoms with Gasteiger partial charge in [-0.1, -0.05) is 23.7 Å². The minimum atomic E-state index is -0.161. The summed E-state index contributed by atoms with van der Waals surface area (Å²) in [5.41, 5.74) is 2.43. The lowest BCUT2D eigenvalue weighted by molar-refractivity contribution is -0.117. The van der Waals surface area contributed by atoms with Crippen molar-refractivity contribution in [1.82, 2.24) is 25.3 Å². The Morgan fingerprint density at radius 1 is 1.23 bits per heavy atom. The van der Waals surface area contributed by atoms with E-state index in [4.69, 9.17) is 16.0 Å². The standard InChI is InChI=1S/C20H19ClN6O2.ClH/c21-14-3-1-2-12(8-14)9-18-25-26-20(29-18)15-11-23-27-16(15)10-17(28)24-19(27)13-4-6-22-7-5-13;/h1-3,8,11,13,22H,4-7,9-10H2;1H. The number of aromatic nitrogens is 4. The molecule has 156 valence electrons. The Bertz CT molecular complexity index is 1100. The Morgan fingerprint density at radius 2 is 2.07 bits per heavy atom. The lowest BCUT2D eigenvalue weighted by atomic mass is 9.95. The number of hydrogen-bond donors (Lipinski definition) is 1. The zero-order valence-electron chi connectivity index (χ0n) is 16.0. The van der Waals surface area contributed by atoms with Crippen molar-refractivity contribution in [3.63, 3.8) is 0 Å². The summed E-state index contributed by atoms with van der Waals surface area (Å²) >= 11 is 6.04. The summed E-state index contributed by atoms with van der Waals surface area (Å²) in [6.07, 6.45) is 4.21. The molecule has 1 aromatic carbocycles. The van der Waals surface area contributed by atoms with E-state index in [9.17, 15) is 4.79 Å². The van der Waals surface area contributed by atoms with Gasteiger partial charge in [-0.05, 0) is 43.6 Å². The van der Waals surface area contributed by atoms with E-state index >= 15 is 0 Å². The molecule has 1 saturated heterocycles. The lowest BCUT2D eigenvalue weighted by Crippen LogP contribution is -2.38. The minimum absolute atomic E-state index is 0. The molecule has 1 fully saturated rings. The van der Waals surface area contributed by atoms with Crippen LogP contribution in [0.1, 0.15) is 30.0 Å². The van der Waals surface area contributed by atoms with Gasteiger partial charge < -0.3 is 9.73 Å². The molecule has 0 atom stereocenters. The normalized spacial score (nSPS) is 16.7. The van der Waals surface area contributed by atoms with Crippen LogP contribution >= 0.6 is 24.0 Å². The van der Waals surface area contributed by atoms with Crippen LogP contribution in [-0.4, -0.2) is 44.8 Å². The molecule has 5 rings (SSSR count). The summed E-state index contributed by atoms with van der Waals surface area (Å²) in [6, 6.07) is 7.53. The third kappa shape index (κ3) is 4.03. The Labute approximate surface area is 184 Å². The number of fused-ring (bicyclic) bond motifs is 1. The molecule has 2 aliphatic heterocycles. The predicted octanol–water partition coefficient (Wildman–Crippen LogP) is 2.93. The highest BCUT2D eigenvalue weighted by atomic mass is 35.5. The van der Waals surface area contributed by atoms with E-state index in [1.807, 2.05) is 24.3 Å². The number of piperidine rings is 1. The predicted molar refractivity (Wildman–Crippen MR) is 114 cm³/mol. The second-order valence-corrected chi connectivity index (χ2v) is 7.73. The number of carbonyl (C=O) groups is 1. The molecule has 8 nitrogen and oxygen atoms in total. The van der Waals surface area contributed by atoms with Gasteiger partial charge in [-0.15, -0.1) is 22.6 Å². The summed E-state index contributed by atoms with van der Waals surface area (Å²) in [6.45, 7) is 1.83. The van der Waals surface area contributed by atoms with Crippen molar-refractivity contribution in [2.75, 3.05) is 13.1 Å². The summed E-state index contributed by atoms with van der Waals surface area (Å²) in [5.74, 6) is 1.63. The fourth-order valence-electron chi connectivity index (χ4n) is 3.88. The fourth-order valence-corrected chi connectivity index (χ4v) is 4.09. The maximum Gasteiger partial charge on any atom is 0.253 e. The number of benzene rings is 1. The van der Waals surface area contributed by atoms with Crippen molar-refractivity contribution in [1.29, 1.82) is 0 Å². The van der Waals surface area contributed by atoms with E-state index in [0.29, 0.717) is 28.8 Å². The SMILES string of the molecule is Cl.O=C1Cc2c(-c3nnc(Cc4cccc(Cl)c4)o3)cnn2C(C2CCNCC2)=N1. The van der Waals surface area contributed by atoms with Crippen molar-refractivity contribution in [2.24, 2.45) is 10.9 Å².